The molecule has 1 heterocycles. The van der Waals surface area contributed by atoms with Crippen LogP contribution in [0.4, 0.5) is 0 Å². The first-order valence-corrected chi connectivity index (χ1v) is 8.05. The molecule has 0 saturated carbocycles. The highest BCUT2D eigenvalue weighted by Crippen LogP contribution is 2.31. The first-order valence-electron chi connectivity index (χ1n) is 8.05. The Kier molecular flexibility index (Phi) is 6.46. The third-order valence-electron chi connectivity index (χ3n) is 3.72. The number of ether oxygens (including phenoxy) is 2. The lowest BCUT2D eigenvalue weighted by molar-refractivity contribution is -0.149. The van der Waals surface area contributed by atoms with E-state index in [2.05, 4.69) is 6.92 Å². The smallest absolute Gasteiger partial charge is 0.333 e. The first kappa shape index (κ1) is 16.6. The molecule has 2 rings (SSSR count). The Morgan fingerprint density at radius 2 is 1.86 bits per heavy atom. The molecule has 0 saturated heterocycles. The Balaban J connectivity index is 1.87. The van der Waals surface area contributed by atoms with Crippen molar-refractivity contribution >= 4 is 11.5 Å². The predicted molar refractivity (Wildman–Crippen MR) is 85.4 cm³/mol. The molecule has 4 heteroatoms. The van der Waals surface area contributed by atoms with Crippen LogP contribution in [0.3, 0.4) is 0 Å². The maximum absolute atomic E-state index is 11.2. The first-order chi connectivity index (χ1) is 10.7. The van der Waals surface area contributed by atoms with E-state index < -0.39 is 12.3 Å². The van der Waals surface area contributed by atoms with E-state index in [9.17, 15) is 9.90 Å². The van der Waals surface area contributed by atoms with Crippen LogP contribution in [0.1, 0.15) is 51.0 Å². The van der Waals surface area contributed by atoms with E-state index in [1.54, 1.807) is 0 Å². The average Bonchev–Trinajstić information content (AvgIpc) is 2.85. The van der Waals surface area contributed by atoms with E-state index >= 15 is 0 Å². The number of carbonyl (C=O) groups excluding carboxylic acids is 1. The van der Waals surface area contributed by atoms with Crippen LogP contribution in [0.2, 0.25) is 0 Å². The molecule has 0 bridgehead atoms. The lowest BCUT2D eigenvalue weighted by Gasteiger charge is -2.13. The van der Waals surface area contributed by atoms with Gasteiger partial charge < -0.3 is 14.6 Å². The molecule has 1 atom stereocenters. The molecular formula is C18H24O4. The van der Waals surface area contributed by atoms with Gasteiger partial charge in [-0.25, -0.2) is 4.79 Å². The summed E-state index contributed by atoms with van der Waals surface area (Å²) in [6.07, 6.45) is 7.36. The van der Waals surface area contributed by atoms with E-state index in [4.69, 9.17) is 9.47 Å². The summed E-state index contributed by atoms with van der Waals surface area (Å²) in [7, 11) is 0. The van der Waals surface area contributed by atoms with Gasteiger partial charge >= 0.3 is 5.97 Å². The van der Waals surface area contributed by atoms with Crippen LogP contribution in [-0.4, -0.2) is 24.0 Å². The molecule has 1 aliphatic heterocycles. The minimum atomic E-state index is -1.20. The van der Waals surface area contributed by atoms with Gasteiger partial charge in [-0.05, 0) is 12.5 Å². The Hall–Kier alpha value is -1.81. The van der Waals surface area contributed by atoms with Crippen LogP contribution in [0.5, 0.6) is 5.75 Å². The quantitative estimate of drug-likeness (QED) is 0.558. The van der Waals surface area contributed by atoms with E-state index in [1.807, 2.05) is 24.3 Å². The lowest BCUT2D eigenvalue weighted by Crippen LogP contribution is -2.10. The number of rotatable bonds is 9. The van der Waals surface area contributed by atoms with Crippen molar-refractivity contribution in [3.8, 4) is 5.75 Å². The Morgan fingerprint density at radius 3 is 2.59 bits per heavy atom. The fourth-order valence-electron chi connectivity index (χ4n) is 2.51. The normalized spacial score (nSPS) is 17.3. The summed E-state index contributed by atoms with van der Waals surface area (Å²) in [4.78, 5) is 11.2. The molecule has 1 aromatic carbocycles. The van der Waals surface area contributed by atoms with Crippen LogP contribution in [0.15, 0.2) is 30.3 Å². The molecule has 4 nitrogen and oxygen atoms in total. The van der Waals surface area contributed by atoms with Gasteiger partial charge in [-0.1, -0.05) is 57.2 Å². The van der Waals surface area contributed by atoms with Gasteiger partial charge in [0.1, 0.15) is 5.75 Å². The number of para-hydroxylation sites is 1. The minimum absolute atomic E-state index is 0.462. The molecule has 1 N–H and O–H groups in total. The number of hydrogen-bond donors (Lipinski definition) is 1. The Labute approximate surface area is 131 Å². The second kappa shape index (κ2) is 8.59. The molecule has 22 heavy (non-hydrogen) atoms. The van der Waals surface area contributed by atoms with Crippen molar-refractivity contribution in [2.24, 2.45) is 0 Å². The third-order valence-corrected chi connectivity index (χ3v) is 3.72. The number of unbranched alkanes of at least 4 members (excludes halogenated alkanes) is 5. The van der Waals surface area contributed by atoms with Gasteiger partial charge in [0.15, 0.2) is 0 Å². The van der Waals surface area contributed by atoms with E-state index in [1.165, 1.54) is 31.8 Å². The zero-order chi connectivity index (χ0) is 15.8. The molecule has 1 unspecified atom stereocenters. The highest BCUT2D eigenvalue weighted by atomic mass is 16.6. The summed E-state index contributed by atoms with van der Waals surface area (Å²) in [5.74, 6) is 0.160. The summed E-state index contributed by atoms with van der Waals surface area (Å²) in [6.45, 7) is 2.85. The zero-order valence-electron chi connectivity index (χ0n) is 13.1. The third kappa shape index (κ3) is 4.60. The van der Waals surface area contributed by atoms with Crippen molar-refractivity contribution in [3.05, 3.63) is 35.9 Å². The zero-order valence-corrected chi connectivity index (χ0v) is 13.1. The van der Waals surface area contributed by atoms with Crippen LogP contribution in [0.25, 0.3) is 5.57 Å². The molecular weight excluding hydrogens is 280 g/mol. The fourth-order valence-corrected chi connectivity index (χ4v) is 2.51. The average molecular weight is 304 g/mol. The number of aliphatic hydroxyl groups is 1. The Morgan fingerprint density at radius 1 is 1.14 bits per heavy atom. The molecule has 0 fully saturated rings. The number of cyclic esters (lactones) is 1. The number of esters is 1. The van der Waals surface area contributed by atoms with Crippen LogP contribution in [-0.2, 0) is 9.53 Å². The van der Waals surface area contributed by atoms with Crippen molar-refractivity contribution in [2.75, 3.05) is 6.61 Å². The number of aliphatic hydroxyl groups excluding tert-OH is 1. The fraction of sp³-hybridized carbons (Fsp3) is 0.500. The highest BCUT2D eigenvalue weighted by molar-refractivity contribution is 5.97. The minimum Gasteiger partial charge on any atom is -0.493 e. The molecule has 1 aliphatic rings. The second-order valence-electron chi connectivity index (χ2n) is 5.50. The molecule has 0 aliphatic carbocycles. The molecule has 0 amide bonds. The summed E-state index contributed by atoms with van der Waals surface area (Å²) >= 11 is 0. The monoisotopic (exact) mass is 304 g/mol. The SMILES string of the molecule is CCCCCCCCOc1ccccc1C1=CC(=O)OC1O. The topological polar surface area (TPSA) is 55.8 Å². The van der Waals surface area contributed by atoms with E-state index in [0.29, 0.717) is 23.5 Å². The number of benzene rings is 1. The summed E-state index contributed by atoms with van der Waals surface area (Å²) in [5.41, 5.74) is 1.18. The maximum Gasteiger partial charge on any atom is 0.333 e. The standard InChI is InChI=1S/C18H24O4/c1-2-3-4-5-6-9-12-21-16-11-8-7-10-14(16)15-13-17(19)22-18(15)20/h7-8,10-11,13,18,20H,2-6,9,12H2,1H3. The van der Waals surface area contributed by atoms with Crippen LogP contribution in [0, 0.1) is 0 Å². The van der Waals surface area contributed by atoms with Gasteiger partial charge in [0, 0.05) is 17.2 Å². The van der Waals surface area contributed by atoms with Gasteiger partial charge in [0.25, 0.3) is 0 Å². The largest absolute Gasteiger partial charge is 0.493 e. The van der Waals surface area contributed by atoms with E-state index in [0.717, 1.165) is 12.8 Å². The summed E-state index contributed by atoms with van der Waals surface area (Å²) in [5, 5.41) is 9.76. The van der Waals surface area contributed by atoms with Gasteiger partial charge in [0.05, 0.1) is 6.61 Å². The molecule has 0 aromatic heterocycles. The van der Waals surface area contributed by atoms with Gasteiger partial charge in [-0.2, -0.15) is 0 Å². The second-order valence-corrected chi connectivity index (χ2v) is 5.50. The van der Waals surface area contributed by atoms with Gasteiger partial charge in [0.2, 0.25) is 6.29 Å². The van der Waals surface area contributed by atoms with Gasteiger partial charge in [-0.15, -0.1) is 0 Å². The predicted octanol–water partition coefficient (Wildman–Crippen LogP) is 3.68. The Bertz CT molecular complexity index is 522. The van der Waals surface area contributed by atoms with E-state index in [-0.39, 0.29) is 0 Å². The molecule has 120 valence electrons. The summed E-state index contributed by atoms with van der Waals surface area (Å²) < 4.78 is 10.6. The van der Waals surface area contributed by atoms with Crippen LogP contribution >= 0.6 is 0 Å². The number of hydrogen-bond acceptors (Lipinski definition) is 4. The molecule has 0 radical (unpaired) electrons. The molecule has 1 aromatic rings. The summed E-state index contributed by atoms with van der Waals surface area (Å²) in [6, 6.07) is 7.41. The molecule has 0 spiro atoms. The van der Waals surface area contributed by atoms with Crippen molar-refractivity contribution in [1.82, 2.24) is 0 Å². The maximum atomic E-state index is 11.2. The van der Waals surface area contributed by atoms with Crippen molar-refractivity contribution in [3.63, 3.8) is 0 Å². The highest BCUT2D eigenvalue weighted by Gasteiger charge is 2.26. The van der Waals surface area contributed by atoms with Crippen molar-refractivity contribution in [1.29, 1.82) is 0 Å². The van der Waals surface area contributed by atoms with Gasteiger partial charge in [-0.3, -0.25) is 0 Å². The van der Waals surface area contributed by atoms with Crippen molar-refractivity contribution < 1.29 is 19.4 Å². The number of carbonyl (C=O) groups is 1. The van der Waals surface area contributed by atoms with Crippen LogP contribution < -0.4 is 4.74 Å². The lowest BCUT2D eigenvalue weighted by atomic mass is 10.0. The van der Waals surface area contributed by atoms with Crippen molar-refractivity contribution in [2.45, 2.75) is 51.7 Å².